The Hall–Kier alpha value is -2.12. The Labute approximate surface area is 168 Å². The SMILES string of the molecule is CN(CCO)c1ccc(NC(=O)COc2ccc(C(C)(C)C)cc2Br)cn1. The number of hydrogen-bond donors (Lipinski definition) is 2. The van der Waals surface area contributed by atoms with Crippen LogP contribution in [-0.2, 0) is 10.2 Å². The number of aliphatic hydroxyl groups excluding tert-OH is 1. The first-order chi connectivity index (χ1) is 12.7. The second kappa shape index (κ2) is 9.19. The molecule has 146 valence electrons. The normalized spacial score (nSPS) is 11.2. The average Bonchev–Trinajstić information content (AvgIpc) is 2.60. The van der Waals surface area contributed by atoms with E-state index in [1.807, 2.05) is 30.1 Å². The summed E-state index contributed by atoms with van der Waals surface area (Å²) < 4.78 is 6.44. The van der Waals surface area contributed by atoms with Crippen LogP contribution < -0.4 is 15.0 Å². The maximum atomic E-state index is 12.1. The Morgan fingerprint density at radius 3 is 2.59 bits per heavy atom. The highest BCUT2D eigenvalue weighted by molar-refractivity contribution is 9.10. The fourth-order valence-corrected chi connectivity index (χ4v) is 2.87. The van der Waals surface area contributed by atoms with Crippen molar-refractivity contribution >= 4 is 33.3 Å². The van der Waals surface area contributed by atoms with Crippen LogP contribution in [0.4, 0.5) is 11.5 Å². The molecule has 2 rings (SSSR count). The summed E-state index contributed by atoms with van der Waals surface area (Å²) in [5, 5.41) is 11.7. The molecule has 2 aromatic rings. The van der Waals surface area contributed by atoms with E-state index in [1.54, 1.807) is 18.3 Å². The van der Waals surface area contributed by atoms with Gasteiger partial charge in [0.05, 0.1) is 23.0 Å². The number of carbonyl (C=O) groups is 1. The van der Waals surface area contributed by atoms with E-state index in [4.69, 9.17) is 9.84 Å². The molecule has 1 aromatic heterocycles. The molecule has 0 aliphatic carbocycles. The van der Waals surface area contributed by atoms with Crippen molar-refractivity contribution in [3.63, 3.8) is 0 Å². The standard InChI is InChI=1S/C20H26BrN3O3/c1-20(2,3)14-5-7-17(16(21)11-14)27-13-19(26)23-15-6-8-18(22-12-15)24(4)9-10-25/h5-8,11-12,25H,9-10,13H2,1-4H3,(H,23,26). The molecule has 6 nitrogen and oxygen atoms in total. The van der Waals surface area contributed by atoms with E-state index in [0.29, 0.717) is 18.0 Å². The number of aromatic nitrogens is 1. The summed E-state index contributed by atoms with van der Waals surface area (Å²) in [6.45, 7) is 6.88. The van der Waals surface area contributed by atoms with Crippen LogP contribution in [0.3, 0.4) is 0 Å². The molecule has 7 heteroatoms. The van der Waals surface area contributed by atoms with Gasteiger partial charge in [-0.3, -0.25) is 4.79 Å². The Morgan fingerprint density at radius 2 is 2.04 bits per heavy atom. The van der Waals surface area contributed by atoms with Crippen LogP contribution in [0.1, 0.15) is 26.3 Å². The first-order valence-electron chi connectivity index (χ1n) is 8.71. The highest BCUT2D eigenvalue weighted by Crippen LogP contribution is 2.31. The van der Waals surface area contributed by atoms with Crippen LogP contribution in [0.5, 0.6) is 5.75 Å². The molecule has 1 heterocycles. The molecule has 0 unspecified atom stereocenters. The van der Waals surface area contributed by atoms with E-state index in [1.165, 1.54) is 5.56 Å². The van der Waals surface area contributed by atoms with Crippen molar-refractivity contribution in [2.45, 2.75) is 26.2 Å². The number of benzene rings is 1. The Balaban J connectivity index is 1.91. The van der Waals surface area contributed by atoms with Crippen LogP contribution in [-0.4, -0.2) is 42.8 Å². The van der Waals surface area contributed by atoms with Gasteiger partial charge in [0.15, 0.2) is 6.61 Å². The van der Waals surface area contributed by atoms with Crippen molar-refractivity contribution in [2.75, 3.05) is 37.0 Å². The summed E-state index contributed by atoms with van der Waals surface area (Å²) in [4.78, 5) is 18.2. The van der Waals surface area contributed by atoms with Crippen LogP contribution >= 0.6 is 15.9 Å². The van der Waals surface area contributed by atoms with Crippen molar-refractivity contribution in [3.8, 4) is 5.75 Å². The number of aliphatic hydroxyl groups is 1. The molecule has 1 aromatic carbocycles. The van der Waals surface area contributed by atoms with Gasteiger partial charge in [0.2, 0.25) is 0 Å². The summed E-state index contributed by atoms with van der Waals surface area (Å²) >= 11 is 3.50. The third-order valence-corrected chi connectivity index (χ3v) is 4.63. The van der Waals surface area contributed by atoms with Gasteiger partial charge in [0.1, 0.15) is 11.6 Å². The number of likely N-dealkylation sites (N-methyl/N-ethyl adjacent to an activating group) is 1. The molecule has 0 aliphatic rings. The van der Waals surface area contributed by atoms with Crippen LogP contribution in [0.25, 0.3) is 0 Å². The van der Waals surface area contributed by atoms with E-state index in [-0.39, 0.29) is 24.5 Å². The van der Waals surface area contributed by atoms with Crippen LogP contribution in [0.15, 0.2) is 41.0 Å². The number of rotatable bonds is 7. The summed E-state index contributed by atoms with van der Waals surface area (Å²) in [6, 6.07) is 9.43. The minimum Gasteiger partial charge on any atom is -0.483 e. The Kier molecular flexibility index (Phi) is 7.21. The molecule has 2 N–H and O–H groups in total. The Morgan fingerprint density at radius 1 is 1.30 bits per heavy atom. The van der Waals surface area contributed by atoms with E-state index >= 15 is 0 Å². The third kappa shape index (κ3) is 6.22. The van der Waals surface area contributed by atoms with Gasteiger partial charge in [-0.1, -0.05) is 26.8 Å². The van der Waals surface area contributed by atoms with Gasteiger partial charge in [-0.2, -0.15) is 0 Å². The van der Waals surface area contributed by atoms with Crippen molar-refractivity contribution in [3.05, 3.63) is 46.6 Å². The molecule has 0 fully saturated rings. The zero-order chi connectivity index (χ0) is 20.0. The van der Waals surface area contributed by atoms with E-state index < -0.39 is 0 Å². The molecule has 0 saturated carbocycles. The van der Waals surface area contributed by atoms with Gasteiger partial charge < -0.3 is 20.1 Å². The second-order valence-corrected chi connectivity index (χ2v) is 8.14. The Bertz CT molecular complexity index is 773. The lowest BCUT2D eigenvalue weighted by atomic mass is 9.87. The monoisotopic (exact) mass is 435 g/mol. The number of carbonyl (C=O) groups excluding carboxylic acids is 1. The highest BCUT2D eigenvalue weighted by Gasteiger charge is 2.15. The summed E-state index contributed by atoms with van der Waals surface area (Å²) in [6.07, 6.45) is 1.58. The predicted molar refractivity (Wildman–Crippen MR) is 112 cm³/mol. The molecule has 27 heavy (non-hydrogen) atoms. The summed E-state index contributed by atoms with van der Waals surface area (Å²) in [7, 11) is 1.84. The summed E-state index contributed by atoms with van der Waals surface area (Å²) in [5.74, 6) is 1.08. The van der Waals surface area contributed by atoms with Crippen molar-refractivity contribution in [2.24, 2.45) is 0 Å². The molecular formula is C20H26BrN3O3. The number of nitrogens with one attached hydrogen (secondary N) is 1. The van der Waals surface area contributed by atoms with Crippen LogP contribution in [0, 0.1) is 0 Å². The first kappa shape index (κ1) is 21.2. The van der Waals surface area contributed by atoms with Crippen molar-refractivity contribution < 1.29 is 14.6 Å². The quantitative estimate of drug-likeness (QED) is 0.694. The molecule has 0 saturated heterocycles. The average molecular weight is 436 g/mol. The lowest BCUT2D eigenvalue weighted by molar-refractivity contribution is -0.118. The lowest BCUT2D eigenvalue weighted by Crippen LogP contribution is -2.23. The maximum Gasteiger partial charge on any atom is 0.262 e. The minimum absolute atomic E-state index is 0.0445. The number of halogens is 1. The molecule has 0 spiro atoms. The molecule has 0 radical (unpaired) electrons. The zero-order valence-corrected chi connectivity index (χ0v) is 17.7. The number of anilines is 2. The van der Waals surface area contributed by atoms with Crippen LogP contribution in [0.2, 0.25) is 0 Å². The van der Waals surface area contributed by atoms with E-state index in [0.717, 1.165) is 10.3 Å². The fourth-order valence-electron chi connectivity index (χ4n) is 2.38. The van der Waals surface area contributed by atoms with Gasteiger partial charge in [0.25, 0.3) is 5.91 Å². The molecule has 0 bridgehead atoms. The zero-order valence-electron chi connectivity index (χ0n) is 16.1. The third-order valence-electron chi connectivity index (χ3n) is 4.01. The molecule has 1 amide bonds. The number of hydrogen-bond acceptors (Lipinski definition) is 5. The maximum absolute atomic E-state index is 12.1. The minimum atomic E-state index is -0.264. The van der Waals surface area contributed by atoms with Crippen molar-refractivity contribution in [1.29, 1.82) is 0 Å². The van der Waals surface area contributed by atoms with E-state index in [9.17, 15) is 4.79 Å². The lowest BCUT2D eigenvalue weighted by Gasteiger charge is -2.20. The summed E-state index contributed by atoms with van der Waals surface area (Å²) in [5.41, 5.74) is 1.82. The van der Waals surface area contributed by atoms with E-state index in [2.05, 4.69) is 47.0 Å². The molecular weight excluding hydrogens is 410 g/mol. The van der Waals surface area contributed by atoms with Crippen molar-refractivity contribution in [1.82, 2.24) is 4.98 Å². The molecule has 0 atom stereocenters. The number of amides is 1. The predicted octanol–water partition coefficient (Wildman–Crippen LogP) is 3.59. The van der Waals surface area contributed by atoms with Gasteiger partial charge >= 0.3 is 0 Å². The number of ether oxygens (including phenoxy) is 1. The topological polar surface area (TPSA) is 74.7 Å². The molecule has 0 aliphatic heterocycles. The van der Waals surface area contributed by atoms with Gasteiger partial charge in [-0.25, -0.2) is 4.98 Å². The largest absolute Gasteiger partial charge is 0.483 e. The van der Waals surface area contributed by atoms with Gasteiger partial charge in [-0.15, -0.1) is 0 Å². The number of nitrogens with zero attached hydrogens (tertiary/aromatic N) is 2. The first-order valence-corrected chi connectivity index (χ1v) is 9.50. The fraction of sp³-hybridized carbons (Fsp3) is 0.400. The second-order valence-electron chi connectivity index (χ2n) is 7.28. The van der Waals surface area contributed by atoms with Gasteiger partial charge in [0, 0.05) is 13.6 Å². The number of pyridine rings is 1. The highest BCUT2D eigenvalue weighted by atomic mass is 79.9. The smallest absolute Gasteiger partial charge is 0.262 e. The van der Waals surface area contributed by atoms with Gasteiger partial charge in [-0.05, 0) is 51.2 Å².